The minimum absolute atomic E-state index is 0.00622. The molecule has 4 rings (SSSR count). The number of piperazine rings is 1. The second-order valence-electron chi connectivity index (χ2n) is 7.29. The van der Waals surface area contributed by atoms with Gasteiger partial charge in [0.2, 0.25) is 0 Å². The number of hydrogen-bond donors (Lipinski definition) is 1. The minimum atomic E-state index is 0.00622. The average Bonchev–Trinajstić information content (AvgIpc) is 2.77. The summed E-state index contributed by atoms with van der Waals surface area (Å²) in [6, 6.07) is 18.0. The van der Waals surface area contributed by atoms with E-state index in [0.717, 1.165) is 41.7 Å². The molecule has 0 radical (unpaired) electrons. The number of benzene rings is 2. The van der Waals surface area contributed by atoms with Crippen molar-refractivity contribution in [2.45, 2.75) is 19.4 Å². The van der Waals surface area contributed by atoms with Crippen LogP contribution in [-0.4, -0.2) is 42.1 Å². The van der Waals surface area contributed by atoms with Crippen molar-refractivity contribution in [3.63, 3.8) is 0 Å². The predicted octanol–water partition coefficient (Wildman–Crippen LogP) is 4.87. The summed E-state index contributed by atoms with van der Waals surface area (Å²) in [5, 5.41) is 4.96. The van der Waals surface area contributed by atoms with Crippen molar-refractivity contribution in [3.05, 3.63) is 71.4 Å². The first-order valence-electron chi connectivity index (χ1n) is 10.1. The van der Waals surface area contributed by atoms with Gasteiger partial charge in [0.05, 0.1) is 11.6 Å². The van der Waals surface area contributed by atoms with Crippen LogP contribution in [0.15, 0.2) is 60.8 Å². The maximum atomic E-state index is 12.8. The molecule has 5 nitrogen and oxygen atoms in total. The van der Waals surface area contributed by atoms with Crippen LogP contribution in [0.25, 0.3) is 10.9 Å². The van der Waals surface area contributed by atoms with Gasteiger partial charge >= 0.3 is 6.03 Å². The van der Waals surface area contributed by atoms with E-state index in [4.69, 9.17) is 11.6 Å². The minimum Gasteiger partial charge on any atom is -0.367 e. The van der Waals surface area contributed by atoms with Crippen molar-refractivity contribution in [2.75, 3.05) is 31.1 Å². The van der Waals surface area contributed by atoms with Crippen LogP contribution in [-0.2, 0) is 0 Å². The van der Waals surface area contributed by atoms with Crippen LogP contribution < -0.4 is 10.2 Å². The summed E-state index contributed by atoms with van der Waals surface area (Å²) in [6.07, 6.45) is 2.68. The van der Waals surface area contributed by atoms with Crippen LogP contribution in [0.3, 0.4) is 0 Å². The Morgan fingerprint density at radius 1 is 1.10 bits per heavy atom. The third kappa shape index (κ3) is 4.30. The van der Waals surface area contributed by atoms with E-state index < -0.39 is 0 Å². The lowest BCUT2D eigenvalue weighted by Crippen LogP contribution is -2.52. The lowest BCUT2D eigenvalue weighted by atomic mass is 10.1. The Morgan fingerprint density at radius 2 is 1.86 bits per heavy atom. The van der Waals surface area contributed by atoms with Crippen molar-refractivity contribution in [2.24, 2.45) is 0 Å². The topological polar surface area (TPSA) is 48.5 Å². The molecule has 0 bridgehead atoms. The van der Waals surface area contributed by atoms with Crippen LogP contribution in [0.5, 0.6) is 0 Å². The summed E-state index contributed by atoms with van der Waals surface area (Å²) >= 11 is 6.10. The molecule has 1 unspecified atom stereocenters. The van der Waals surface area contributed by atoms with E-state index in [2.05, 4.69) is 34.3 Å². The van der Waals surface area contributed by atoms with E-state index in [9.17, 15) is 4.79 Å². The summed E-state index contributed by atoms with van der Waals surface area (Å²) in [5.41, 5.74) is 3.18. The number of aromatic nitrogens is 1. The molecule has 0 saturated carbocycles. The van der Waals surface area contributed by atoms with Crippen molar-refractivity contribution >= 4 is 34.2 Å². The molecular formula is C23H25ClN4O. The highest BCUT2D eigenvalue weighted by molar-refractivity contribution is 6.31. The van der Waals surface area contributed by atoms with Crippen molar-refractivity contribution in [1.82, 2.24) is 15.2 Å². The largest absolute Gasteiger partial charge is 0.367 e. The zero-order chi connectivity index (χ0) is 20.2. The van der Waals surface area contributed by atoms with Gasteiger partial charge in [0.25, 0.3) is 0 Å². The quantitative estimate of drug-likeness (QED) is 0.669. The highest BCUT2D eigenvalue weighted by Gasteiger charge is 2.24. The summed E-state index contributed by atoms with van der Waals surface area (Å²) in [4.78, 5) is 21.5. The second kappa shape index (κ2) is 8.70. The fourth-order valence-corrected chi connectivity index (χ4v) is 4.05. The number of amides is 2. The van der Waals surface area contributed by atoms with E-state index in [1.165, 1.54) is 0 Å². The second-order valence-corrected chi connectivity index (χ2v) is 7.72. The molecule has 0 aliphatic carbocycles. The number of hydrogen-bond acceptors (Lipinski definition) is 3. The van der Waals surface area contributed by atoms with Gasteiger partial charge in [-0.15, -0.1) is 0 Å². The molecule has 6 heteroatoms. The van der Waals surface area contributed by atoms with Gasteiger partial charge in [-0.1, -0.05) is 48.9 Å². The Hall–Kier alpha value is -2.79. The van der Waals surface area contributed by atoms with Gasteiger partial charge in [-0.2, -0.15) is 0 Å². The number of fused-ring (bicyclic) bond motifs is 1. The molecule has 2 heterocycles. The molecular weight excluding hydrogens is 384 g/mol. The summed E-state index contributed by atoms with van der Waals surface area (Å²) in [6.45, 7) is 5.05. The lowest BCUT2D eigenvalue weighted by Gasteiger charge is -2.37. The van der Waals surface area contributed by atoms with Crippen molar-refractivity contribution in [3.8, 4) is 0 Å². The Morgan fingerprint density at radius 3 is 2.59 bits per heavy atom. The SMILES string of the molecule is CCC(NC(=O)N1CCN(c2ccnc3cc(Cl)ccc23)CC1)c1ccccc1. The Labute approximate surface area is 176 Å². The van der Waals surface area contributed by atoms with Gasteiger partial charge in [0.1, 0.15) is 0 Å². The lowest BCUT2D eigenvalue weighted by molar-refractivity contribution is 0.190. The zero-order valence-electron chi connectivity index (χ0n) is 16.5. The van der Waals surface area contributed by atoms with Crippen molar-refractivity contribution < 1.29 is 4.79 Å². The van der Waals surface area contributed by atoms with Gasteiger partial charge in [-0.05, 0) is 36.2 Å². The molecule has 1 aromatic heterocycles. The predicted molar refractivity (Wildman–Crippen MR) is 119 cm³/mol. The standard InChI is InChI=1S/C23H25ClN4O/c1-2-20(17-6-4-3-5-7-17)26-23(29)28-14-12-27(13-15-28)22-10-11-25-21-16-18(24)8-9-19(21)22/h3-11,16,20H,2,12-15H2,1H3,(H,26,29). The fourth-order valence-electron chi connectivity index (χ4n) is 3.88. The monoisotopic (exact) mass is 408 g/mol. The Bertz CT molecular complexity index is 987. The van der Waals surface area contributed by atoms with Gasteiger partial charge in [-0.3, -0.25) is 4.98 Å². The molecule has 3 aromatic rings. The molecule has 2 amide bonds. The number of pyridine rings is 1. The first kappa shape index (κ1) is 19.5. The number of carbonyl (C=O) groups excluding carboxylic acids is 1. The van der Waals surface area contributed by atoms with Crippen LogP contribution in [0.2, 0.25) is 5.02 Å². The third-order valence-corrected chi connectivity index (χ3v) is 5.73. The average molecular weight is 409 g/mol. The number of urea groups is 1. The maximum absolute atomic E-state index is 12.8. The number of carbonyl (C=O) groups is 1. The first-order chi connectivity index (χ1) is 14.2. The van der Waals surface area contributed by atoms with Crippen LogP contribution in [0, 0.1) is 0 Å². The number of nitrogens with one attached hydrogen (secondary N) is 1. The molecule has 150 valence electrons. The summed E-state index contributed by atoms with van der Waals surface area (Å²) in [5.74, 6) is 0. The van der Waals surface area contributed by atoms with E-state index >= 15 is 0 Å². The van der Waals surface area contributed by atoms with Crippen LogP contribution in [0.1, 0.15) is 24.9 Å². The van der Waals surface area contributed by atoms with E-state index in [1.807, 2.05) is 53.6 Å². The molecule has 1 saturated heterocycles. The number of anilines is 1. The normalized spacial score (nSPS) is 15.4. The smallest absolute Gasteiger partial charge is 0.318 e. The zero-order valence-corrected chi connectivity index (χ0v) is 17.3. The Balaban J connectivity index is 1.41. The molecule has 1 fully saturated rings. The highest BCUT2D eigenvalue weighted by atomic mass is 35.5. The molecule has 29 heavy (non-hydrogen) atoms. The van der Waals surface area contributed by atoms with E-state index in [0.29, 0.717) is 18.1 Å². The van der Waals surface area contributed by atoms with Gasteiger partial charge in [0.15, 0.2) is 0 Å². The molecule has 0 spiro atoms. The fraction of sp³-hybridized carbons (Fsp3) is 0.304. The van der Waals surface area contributed by atoms with Gasteiger partial charge in [0, 0.05) is 48.5 Å². The van der Waals surface area contributed by atoms with Crippen LogP contribution in [0.4, 0.5) is 10.5 Å². The maximum Gasteiger partial charge on any atom is 0.318 e. The van der Waals surface area contributed by atoms with E-state index in [1.54, 1.807) is 0 Å². The van der Waals surface area contributed by atoms with Crippen molar-refractivity contribution in [1.29, 1.82) is 0 Å². The molecule has 2 aromatic carbocycles. The number of rotatable bonds is 4. The third-order valence-electron chi connectivity index (χ3n) is 5.50. The Kier molecular flexibility index (Phi) is 5.86. The molecule has 1 atom stereocenters. The highest BCUT2D eigenvalue weighted by Crippen LogP contribution is 2.28. The molecule has 1 N–H and O–H groups in total. The number of nitrogens with zero attached hydrogens (tertiary/aromatic N) is 3. The van der Waals surface area contributed by atoms with Gasteiger partial charge < -0.3 is 15.1 Å². The first-order valence-corrected chi connectivity index (χ1v) is 10.4. The number of halogens is 1. The molecule has 1 aliphatic rings. The molecule has 1 aliphatic heterocycles. The summed E-state index contributed by atoms with van der Waals surface area (Å²) in [7, 11) is 0. The van der Waals surface area contributed by atoms with Gasteiger partial charge in [-0.25, -0.2) is 4.79 Å². The summed E-state index contributed by atoms with van der Waals surface area (Å²) < 4.78 is 0. The van der Waals surface area contributed by atoms with Crippen LogP contribution >= 0.6 is 11.6 Å². The van der Waals surface area contributed by atoms with E-state index in [-0.39, 0.29) is 12.1 Å².